The van der Waals surface area contributed by atoms with Gasteiger partial charge in [0, 0.05) is 0 Å². The highest BCUT2D eigenvalue weighted by molar-refractivity contribution is 5.66. The van der Waals surface area contributed by atoms with Gasteiger partial charge in [-0.15, -0.1) is 6.58 Å². The van der Waals surface area contributed by atoms with Gasteiger partial charge in [-0.3, -0.25) is 0 Å². The van der Waals surface area contributed by atoms with Crippen LogP contribution in [0.4, 0.5) is 0 Å². The van der Waals surface area contributed by atoms with E-state index in [2.05, 4.69) is 80.4 Å². The molecule has 1 aliphatic rings. The van der Waals surface area contributed by atoms with Crippen molar-refractivity contribution in [2.45, 2.75) is 32.2 Å². The molecular formula is C23H25N. The summed E-state index contributed by atoms with van der Waals surface area (Å²) in [5.74, 6) is 0.563. The van der Waals surface area contributed by atoms with Crippen LogP contribution in [0, 0.1) is 0 Å². The fraction of sp³-hybridized carbons (Fsp3) is 0.217. The first-order chi connectivity index (χ1) is 11.7. The summed E-state index contributed by atoms with van der Waals surface area (Å²) in [6.07, 6.45) is 11.2. The monoisotopic (exact) mass is 315 g/mol. The second-order valence-corrected chi connectivity index (χ2v) is 6.57. The maximum atomic E-state index is 3.90. The van der Waals surface area contributed by atoms with E-state index in [1.54, 1.807) is 0 Å². The molecule has 3 rings (SSSR count). The van der Waals surface area contributed by atoms with Gasteiger partial charge >= 0.3 is 0 Å². The zero-order valence-electron chi connectivity index (χ0n) is 14.5. The van der Waals surface area contributed by atoms with Crippen LogP contribution in [-0.2, 0) is 6.42 Å². The molecule has 0 aromatic heterocycles. The lowest BCUT2D eigenvalue weighted by Crippen LogP contribution is -2.16. The molecule has 0 radical (unpaired) electrons. The largest absolute Gasteiger partial charge is 0.381 e. The summed E-state index contributed by atoms with van der Waals surface area (Å²) in [5.41, 5.74) is 6.55. The summed E-state index contributed by atoms with van der Waals surface area (Å²) < 4.78 is 0. The second-order valence-electron chi connectivity index (χ2n) is 6.57. The third-order valence-corrected chi connectivity index (χ3v) is 4.54. The fourth-order valence-corrected chi connectivity index (χ4v) is 3.10. The molecule has 1 nitrogen and oxygen atoms in total. The molecule has 0 saturated carbocycles. The molecule has 2 aromatic carbocycles. The van der Waals surface area contributed by atoms with E-state index in [9.17, 15) is 0 Å². The van der Waals surface area contributed by atoms with Crippen molar-refractivity contribution in [3.8, 4) is 11.1 Å². The first-order valence-corrected chi connectivity index (χ1v) is 8.62. The lowest BCUT2D eigenvalue weighted by Gasteiger charge is -2.20. The molecule has 1 N–H and O–H groups in total. The van der Waals surface area contributed by atoms with Gasteiger partial charge in [-0.2, -0.15) is 0 Å². The standard InChI is InChI=1S/C23H25N/c1-4-7-20-13-14-21(16-22(20)23-8-5-6-15-24-23)19-11-9-18(10-12-19)17(2)3/h4-6,8-17,23-24H,1,7H2,2-3H3. The number of rotatable bonds is 5. The molecule has 1 atom stereocenters. The van der Waals surface area contributed by atoms with Crippen LogP contribution in [0.2, 0.25) is 0 Å². The van der Waals surface area contributed by atoms with Crippen LogP contribution in [0.25, 0.3) is 11.1 Å². The van der Waals surface area contributed by atoms with Crippen LogP contribution < -0.4 is 5.32 Å². The minimum atomic E-state index is 0.222. The predicted octanol–water partition coefficient (Wildman–Crippen LogP) is 5.92. The summed E-state index contributed by atoms with van der Waals surface area (Å²) in [7, 11) is 0. The molecule has 0 aliphatic carbocycles. The molecule has 0 amide bonds. The van der Waals surface area contributed by atoms with Gasteiger partial charge in [-0.1, -0.05) is 68.5 Å². The Morgan fingerprint density at radius 2 is 1.79 bits per heavy atom. The van der Waals surface area contributed by atoms with Crippen molar-refractivity contribution < 1.29 is 0 Å². The summed E-state index contributed by atoms with van der Waals surface area (Å²) in [6.45, 7) is 8.35. The Hall–Kier alpha value is -2.54. The number of benzene rings is 2. The first-order valence-electron chi connectivity index (χ1n) is 8.62. The van der Waals surface area contributed by atoms with Crippen LogP contribution in [-0.4, -0.2) is 0 Å². The minimum Gasteiger partial charge on any atom is -0.381 e. The minimum absolute atomic E-state index is 0.222. The number of hydrogen-bond acceptors (Lipinski definition) is 1. The van der Waals surface area contributed by atoms with Crippen LogP contribution >= 0.6 is 0 Å². The Balaban J connectivity index is 1.98. The van der Waals surface area contributed by atoms with E-state index in [4.69, 9.17) is 0 Å². The average molecular weight is 315 g/mol. The molecule has 122 valence electrons. The van der Waals surface area contributed by atoms with Gasteiger partial charge in [0.15, 0.2) is 0 Å². The second kappa shape index (κ2) is 7.35. The van der Waals surface area contributed by atoms with E-state index in [1.165, 1.54) is 27.8 Å². The van der Waals surface area contributed by atoms with E-state index in [1.807, 2.05) is 18.4 Å². The Morgan fingerprint density at radius 3 is 2.42 bits per heavy atom. The average Bonchev–Trinajstić information content (AvgIpc) is 2.63. The highest BCUT2D eigenvalue weighted by Crippen LogP contribution is 2.29. The first kappa shape index (κ1) is 16.3. The normalized spacial score (nSPS) is 16.2. The van der Waals surface area contributed by atoms with Crippen molar-refractivity contribution in [1.29, 1.82) is 0 Å². The highest BCUT2D eigenvalue weighted by Gasteiger charge is 2.13. The maximum Gasteiger partial charge on any atom is 0.0698 e. The molecular weight excluding hydrogens is 290 g/mol. The topological polar surface area (TPSA) is 12.0 Å². The maximum absolute atomic E-state index is 3.90. The van der Waals surface area contributed by atoms with Gasteiger partial charge in [-0.25, -0.2) is 0 Å². The van der Waals surface area contributed by atoms with Crippen molar-refractivity contribution in [3.05, 3.63) is 96.2 Å². The van der Waals surface area contributed by atoms with Gasteiger partial charge in [0.2, 0.25) is 0 Å². The van der Waals surface area contributed by atoms with Crippen LogP contribution in [0.5, 0.6) is 0 Å². The summed E-state index contributed by atoms with van der Waals surface area (Å²) >= 11 is 0. The van der Waals surface area contributed by atoms with Gasteiger partial charge in [0.05, 0.1) is 6.04 Å². The predicted molar refractivity (Wildman–Crippen MR) is 104 cm³/mol. The Bertz CT molecular complexity index is 763. The summed E-state index contributed by atoms with van der Waals surface area (Å²) in [6, 6.07) is 15.9. The summed E-state index contributed by atoms with van der Waals surface area (Å²) in [5, 5.41) is 3.44. The van der Waals surface area contributed by atoms with Crippen molar-refractivity contribution in [2.24, 2.45) is 0 Å². The van der Waals surface area contributed by atoms with Gasteiger partial charge in [0.25, 0.3) is 0 Å². The molecule has 2 aromatic rings. The molecule has 1 aliphatic heterocycles. The van der Waals surface area contributed by atoms with E-state index >= 15 is 0 Å². The lowest BCUT2D eigenvalue weighted by molar-refractivity contribution is 0.739. The third kappa shape index (κ3) is 3.51. The number of nitrogens with one attached hydrogen (secondary N) is 1. The van der Waals surface area contributed by atoms with Crippen LogP contribution in [0.1, 0.15) is 42.5 Å². The molecule has 1 heteroatoms. The van der Waals surface area contributed by atoms with Gasteiger partial charge < -0.3 is 5.32 Å². The Kier molecular flexibility index (Phi) is 5.00. The SMILES string of the molecule is C=CCc1ccc(-c2ccc(C(C)C)cc2)cc1C1C=CC=CN1. The molecule has 24 heavy (non-hydrogen) atoms. The van der Waals surface area contributed by atoms with Crippen molar-refractivity contribution in [2.75, 3.05) is 0 Å². The van der Waals surface area contributed by atoms with Crippen LogP contribution in [0.15, 0.2) is 79.5 Å². The third-order valence-electron chi connectivity index (χ3n) is 4.54. The molecule has 0 fully saturated rings. The lowest BCUT2D eigenvalue weighted by atomic mass is 9.92. The molecule has 0 saturated heterocycles. The number of allylic oxidation sites excluding steroid dienone is 3. The van der Waals surface area contributed by atoms with Crippen LogP contribution in [0.3, 0.4) is 0 Å². The van der Waals surface area contributed by atoms with Crippen molar-refractivity contribution >= 4 is 0 Å². The van der Waals surface area contributed by atoms with Crippen molar-refractivity contribution in [1.82, 2.24) is 5.32 Å². The van der Waals surface area contributed by atoms with E-state index < -0.39 is 0 Å². The Morgan fingerprint density at radius 1 is 1.04 bits per heavy atom. The highest BCUT2D eigenvalue weighted by atomic mass is 14.9. The zero-order valence-corrected chi connectivity index (χ0v) is 14.5. The number of dihydropyridines is 1. The van der Waals surface area contributed by atoms with E-state index in [-0.39, 0.29) is 6.04 Å². The fourth-order valence-electron chi connectivity index (χ4n) is 3.10. The molecule has 0 spiro atoms. The Labute approximate surface area is 145 Å². The molecule has 0 bridgehead atoms. The zero-order chi connectivity index (χ0) is 16.9. The smallest absolute Gasteiger partial charge is 0.0698 e. The summed E-state index contributed by atoms with van der Waals surface area (Å²) in [4.78, 5) is 0. The van der Waals surface area contributed by atoms with E-state index in [0.717, 1.165) is 6.42 Å². The van der Waals surface area contributed by atoms with E-state index in [0.29, 0.717) is 5.92 Å². The molecule has 1 heterocycles. The van der Waals surface area contributed by atoms with Gasteiger partial charge in [-0.05, 0) is 58.5 Å². The number of hydrogen-bond donors (Lipinski definition) is 1. The quantitative estimate of drug-likeness (QED) is 0.675. The van der Waals surface area contributed by atoms with Crippen molar-refractivity contribution in [3.63, 3.8) is 0 Å². The molecule has 1 unspecified atom stereocenters. The van der Waals surface area contributed by atoms with Gasteiger partial charge in [0.1, 0.15) is 0 Å².